The molecule has 2 aliphatic heterocycles. The number of nitrogens with two attached hydrogens (primary N) is 1. The lowest BCUT2D eigenvalue weighted by molar-refractivity contribution is -0.159. The van der Waals surface area contributed by atoms with Crippen LogP contribution in [0.3, 0.4) is 0 Å². The van der Waals surface area contributed by atoms with E-state index in [4.69, 9.17) is 5.73 Å². The van der Waals surface area contributed by atoms with Gasteiger partial charge in [0.1, 0.15) is 5.82 Å². The number of carbonyl (C=O) groups excluding carboxylic acids is 2. The van der Waals surface area contributed by atoms with E-state index in [0.29, 0.717) is 4.90 Å². The van der Waals surface area contributed by atoms with Gasteiger partial charge in [-0.3, -0.25) is 19.4 Å². The highest BCUT2D eigenvalue weighted by atomic mass is 19.4. The van der Waals surface area contributed by atoms with Gasteiger partial charge in [-0.25, -0.2) is 18.7 Å². The van der Waals surface area contributed by atoms with Gasteiger partial charge in [0.05, 0.1) is 18.3 Å². The Bertz CT molecular complexity index is 929. The van der Waals surface area contributed by atoms with Crippen LogP contribution >= 0.6 is 0 Å². The maximum atomic E-state index is 13.6. The molecule has 0 saturated carbocycles. The van der Waals surface area contributed by atoms with Crippen LogP contribution in [0.25, 0.3) is 0 Å². The minimum absolute atomic E-state index is 0.0624. The Kier molecular flexibility index (Phi) is 6.82. The molecule has 184 valence electrons. The van der Waals surface area contributed by atoms with E-state index in [1.165, 1.54) is 0 Å². The molecule has 0 aliphatic carbocycles. The zero-order valence-corrected chi connectivity index (χ0v) is 18.8. The van der Waals surface area contributed by atoms with Gasteiger partial charge in [0.25, 0.3) is 5.92 Å². The third-order valence-electron chi connectivity index (χ3n) is 5.82. The maximum Gasteiger partial charge on any atom is 0.433 e. The number of rotatable bonds is 4. The standard InChI is InChI=1S/C21H28F5N5O2/c1-19(2,3)18-28-14-10-30(8-5-12(14)16(29-18)21(24,25)26)9-6-13(27)17(33)31-11-20(22,23)7-4-15(31)32/h13H,4-11,27H2,1-3H3/t13-/m0/s1. The zero-order chi connectivity index (χ0) is 24.8. The molecule has 0 bridgehead atoms. The number of likely N-dealkylation sites (tertiary alicyclic amines) is 1. The Labute approximate surface area is 188 Å². The fourth-order valence-electron chi connectivity index (χ4n) is 3.91. The molecule has 12 heteroatoms. The third kappa shape index (κ3) is 5.84. The van der Waals surface area contributed by atoms with Gasteiger partial charge < -0.3 is 5.73 Å². The Hall–Kier alpha value is -2.21. The van der Waals surface area contributed by atoms with Gasteiger partial charge in [-0.05, 0) is 12.8 Å². The van der Waals surface area contributed by atoms with E-state index in [1.807, 2.05) is 4.90 Å². The summed E-state index contributed by atoms with van der Waals surface area (Å²) < 4.78 is 68.0. The number of carbonyl (C=O) groups is 2. The van der Waals surface area contributed by atoms with Crippen LogP contribution in [0.1, 0.15) is 62.8 Å². The largest absolute Gasteiger partial charge is 0.433 e. The van der Waals surface area contributed by atoms with E-state index >= 15 is 0 Å². The van der Waals surface area contributed by atoms with Crippen molar-refractivity contribution >= 4 is 11.8 Å². The number of hydrogen-bond donors (Lipinski definition) is 1. The first-order valence-electron chi connectivity index (χ1n) is 10.8. The van der Waals surface area contributed by atoms with Crippen molar-refractivity contribution in [1.82, 2.24) is 19.8 Å². The maximum absolute atomic E-state index is 13.6. The lowest BCUT2D eigenvalue weighted by atomic mass is 9.93. The first-order valence-corrected chi connectivity index (χ1v) is 10.8. The first kappa shape index (κ1) is 25.4. The van der Waals surface area contributed by atoms with Crippen LogP contribution in [0.4, 0.5) is 22.0 Å². The Morgan fingerprint density at radius 2 is 1.85 bits per heavy atom. The van der Waals surface area contributed by atoms with Crippen molar-refractivity contribution in [1.29, 1.82) is 0 Å². The molecule has 0 radical (unpaired) electrons. The Balaban J connectivity index is 1.70. The number of imide groups is 1. The average Bonchev–Trinajstić information content (AvgIpc) is 2.70. The highest BCUT2D eigenvalue weighted by Gasteiger charge is 2.43. The smallest absolute Gasteiger partial charge is 0.320 e. The molecule has 0 spiro atoms. The molecule has 2 amide bonds. The fraction of sp³-hybridized carbons (Fsp3) is 0.714. The predicted molar refractivity (Wildman–Crippen MR) is 108 cm³/mol. The summed E-state index contributed by atoms with van der Waals surface area (Å²) in [5, 5.41) is 0. The molecule has 7 nitrogen and oxygen atoms in total. The van der Waals surface area contributed by atoms with Crippen LogP contribution < -0.4 is 5.73 Å². The summed E-state index contributed by atoms with van der Waals surface area (Å²) in [6.45, 7) is 4.83. The molecule has 3 rings (SSSR count). The highest BCUT2D eigenvalue weighted by molar-refractivity contribution is 5.98. The van der Waals surface area contributed by atoms with Crippen LogP contribution in [0.15, 0.2) is 0 Å². The topological polar surface area (TPSA) is 92.4 Å². The van der Waals surface area contributed by atoms with Crippen LogP contribution in [-0.2, 0) is 34.1 Å². The molecular weight excluding hydrogens is 449 g/mol. The van der Waals surface area contributed by atoms with Crippen molar-refractivity contribution in [3.8, 4) is 0 Å². The van der Waals surface area contributed by atoms with Crippen molar-refractivity contribution in [2.24, 2.45) is 5.73 Å². The SMILES string of the molecule is CC(C)(C)c1nc2c(c(C(F)(F)F)n1)CCN(CC[C@H](N)C(=O)N1CC(F)(F)CCC1=O)C2. The average molecular weight is 477 g/mol. The number of alkyl halides is 5. The third-order valence-corrected chi connectivity index (χ3v) is 5.82. The Morgan fingerprint density at radius 1 is 1.18 bits per heavy atom. The molecule has 0 aromatic carbocycles. The van der Waals surface area contributed by atoms with Crippen LogP contribution in [0.2, 0.25) is 0 Å². The molecule has 0 unspecified atom stereocenters. The molecule has 1 saturated heterocycles. The molecule has 2 aliphatic rings. The summed E-state index contributed by atoms with van der Waals surface area (Å²) in [7, 11) is 0. The van der Waals surface area contributed by atoms with Gasteiger partial charge in [0.15, 0.2) is 5.69 Å². The van der Waals surface area contributed by atoms with E-state index in [-0.39, 0.29) is 49.6 Å². The number of halogens is 5. The second-order valence-electron chi connectivity index (χ2n) is 9.66. The van der Waals surface area contributed by atoms with Crippen molar-refractivity contribution in [3.05, 3.63) is 22.8 Å². The predicted octanol–water partition coefficient (Wildman–Crippen LogP) is 2.65. The Morgan fingerprint density at radius 3 is 2.45 bits per heavy atom. The second-order valence-corrected chi connectivity index (χ2v) is 9.66. The zero-order valence-electron chi connectivity index (χ0n) is 18.8. The lowest BCUT2D eigenvalue weighted by Crippen LogP contribution is -2.54. The van der Waals surface area contributed by atoms with Gasteiger partial charge in [0.2, 0.25) is 11.8 Å². The van der Waals surface area contributed by atoms with Crippen molar-refractivity contribution in [2.75, 3.05) is 19.6 Å². The van der Waals surface area contributed by atoms with Crippen LogP contribution in [0.5, 0.6) is 0 Å². The number of hydrogen-bond acceptors (Lipinski definition) is 6. The molecule has 1 atom stereocenters. The second kappa shape index (κ2) is 8.86. The molecule has 2 N–H and O–H groups in total. The van der Waals surface area contributed by atoms with Gasteiger partial charge >= 0.3 is 6.18 Å². The quantitative estimate of drug-likeness (QED) is 0.671. The van der Waals surface area contributed by atoms with E-state index < -0.39 is 60.5 Å². The molecule has 1 fully saturated rings. The van der Waals surface area contributed by atoms with Gasteiger partial charge in [-0.15, -0.1) is 0 Å². The van der Waals surface area contributed by atoms with E-state index in [2.05, 4.69) is 9.97 Å². The first-order chi connectivity index (χ1) is 15.1. The number of amides is 2. The molecule has 33 heavy (non-hydrogen) atoms. The van der Waals surface area contributed by atoms with Gasteiger partial charge in [0, 0.05) is 43.5 Å². The van der Waals surface area contributed by atoms with E-state index in [0.717, 1.165) is 0 Å². The van der Waals surface area contributed by atoms with Crippen molar-refractivity contribution in [3.63, 3.8) is 0 Å². The fourth-order valence-corrected chi connectivity index (χ4v) is 3.91. The van der Waals surface area contributed by atoms with E-state index in [9.17, 15) is 31.5 Å². The van der Waals surface area contributed by atoms with Gasteiger partial charge in [-0.1, -0.05) is 20.8 Å². The number of fused-ring (bicyclic) bond motifs is 1. The highest BCUT2D eigenvalue weighted by Crippen LogP contribution is 2.35. The summed E-state index contributed by atoms with van der Waals surface area (Å²) >= 11 is 0. The van der Waals surface area contributed by atoms with E-state index in [1.54, 1.807) is 20.8 Å². The minimum Gasteiger partial charge on any atom is -0.320 e. The minimum atomic E-state index is -4.60. The van der Waals surface area contributed by atoms with Crippen LogP contribution in [0, 0.1) is 0 Å². The normalized spacial score (nSPS) is 20.5. The summed E-state index contributed by atoms with van der Waals surface area (Å²) in [5.41, 5.74) is 4.62. The molecule has 1 aromatic heterocycles. The molecule has 3 heterocycles. The van der Waals surface area contributed by atoms with Crippen LogP contribution in [-0.4, -0.2) is 63.2 Å². The number of piperidine rings is 1. The molecular formula is C21H28F5N5O2. The number of aromatic nitrogens is 2. The van der Waals surface area contributed by atoms with Gasteiger partial charge in [-0.2, -0.15) is 13.2 Å². The summed E-state index contributed by atoms with van der Waals surface area (Å²) in [4.78, 5) is 34.9. The summed E-state index contributed by atoms with van der Waals surface area (Å²) in [5.74, 6) is -4.60. The summed E-state index contributed by atoms with van der Waals surface area (Å²) in [6.07, 6.45) is -5.49. The van der Waals surface area contributed by atoms with Crippen molar-refractivity contribution in [2.45, 2.75) is 76.6 Å². The lowest BCUT2D eigenvalue weighted by Gasteiger charge is -2.33. The monoisotopic (exact) mass is 477 g/mol. The summed E-state index contributed by atoms with van der Waals surface area (Å²) in [6, 6.07) is -1.18. The van der Waals surface area contributed by atoms with Crippen molar-refractivity contribution < 1.29 is 31.5 Å². The molecule has 1 aromatic rings. The number of nitrogens with zero attached hydrogens (tertiary/aromatic N) is 4.